The van der Waals surface area contributed by atoms with Crippen LogP contribution in [0.15, 0.2) is 0 Å². The van der Waals surface area contributed by atoms with E-state index in [0.717, 1.165) is 6.26 Å². The molecule has 0 saturated carbocycles. The summed E-state index contributed by atoms with van der Waals surface area (Å²) in [5.74, 6) is -2.18. The zero-order chi connectivity index (χ0) is 16.3. The van der Waals surface area contributed by atoms with Gasteiger partial charge in [-0.1, -0.05) is 0 Å². The number of carboxylic acids is 1. The molecule has 8 heteroatoms. The molecule has 7 nitrogen and oxygen atoms in total. The number of carboxylic acid groups (broad SMARTS) is 1. The van der Waals surface area contributed by atoms with Crippen molar-refractivity contribution in [3.63, 3.8) is 0 Å². The molecule has 0 aromatic carbocycles. The number of hydrogen-bond donors (Lipinski definition) is 1. The number of hydrogen-bond acceptors (Lipinski definition) is 5. The molecule has 1 saturated heterocycles. The van der Waals surface area contributed by atoms with Gasteiger partial charge in [0.15, 0.2) is 5.41 Å². The molecular formula is C13H23NO6S. The number of nitrogens with zero attached hydrogens (tertiary/aromatic N) is 1. The summed E-state index contributed by atoms with van der Waals surface area (Å²) in [6, 6.07) is 0. The van der Waals surface area contributed by atoms with Crippen molar-refractivity contribution in [2.45, 2.75) is 33.1 Å². The highest BCUT2D eigenvalue weighted by Gasteiger charge is 2.45. The van der Waals surface area contributed by atoms with Crippen LogP contribution in [0.2, 0.25) is 0 Å². The van der Waals surface area contributed by atoms with Crippen LogP contribution in [-0.2, 0) is 24.3 Å². The predicted molar refractivity (Wildman–Crippen MR) is 76.1 cm³/mol. The summed E-state index contributed by atoms with van der Waals surface area (Å²) >= 11 is 0. The fourth-order valence-corrected chi connectivity index (χ4v) is 3.56. The Balaban J connectivity index is 2.85. The van der Waals surface area contributed by atoms with E-state index >= 15 is 0 Å². The van der Waals surface area contributed by atoms with Crippen molar-refractivity contribution in [2.24, 2.45) is 11.3 Å². The molecule has 122 valence electrons. The van der Waals surface area contributed by atoms with Crippen LogP contribution in [-0.4, -0.2) is 55.7 Å². The largest absolute Gasteiger partial charge is 0.480 e. The number of ether oxygens (including phenoxy) is 1. The van der Waals surface area contributed by atoms with Gasteiger partial charge in [-0.15, -0.1) is 0 Å². The molecule has 0 amide bonds. The molecule has 1 rings (SSSR count). The molecule has 0 radical (unpaired) electrons. The number of carbonyl (C=O) groups is 2. The number of piperidine rings is 1. The standard InChI is InChI=1S/C13H23NO6S/c1-4-20-12(17)13(2,11(15)16)8-10-6-5-7-14(9-10)21(3,18)19/h10H,4-9H2,1-3H3,(H,15,16). The number of rotatable bonds is 6. The van der Waals surface area contributed by atoms with Gasteiger partial charge in [0.2, 0.25) is 10.0 Å². The summed E-state index contributed by atoms with van der Waals surface area (Å²) in [7, 11) is -3.30. The molecule has 21 heavy (non-hydrogen) atoms. The second-order valence-corrected chi connectivity index (χ2v) is 7.67. The first-order chi connectivity index (χ1) is 9.61. The monoisotopic (exact) mass is 321 g/mol. The molecule has 1 N–H and O–H groups in total. The average molecular weight is 321 g/mol. The Bertz CT molecular complexity index is 503. The van der Waals surface area contributed by atoms with Crippen molar-refractivity contribution in [2.75, 3.05) is 26.0 Å². The van der Waals surface area contributed by atoms with Crippen LogP contribution < -0.4 is 0 Å². The van der Waals surface area contributed by atoms with E-state index in [1.807, 2.05) is 0 Å². The van der Waals surface area contributed by atoms with E-state index in [9.17, 15) is 23.1 Å². The predicted octanol–water partition coefficient (Wildman–Crippen LogP) is 0.702. The number of aliphatic carboxylic acids is 1. The maximum Gasteiger partial charge on any atom is 0.323 e. The van der Waals surface area contributed by atoms with E-state index < -0.39 is 27.4 Å². The first-order valence-electron chi connectivity index (χ1n) is 6.97. The minimum atomic E-state index is -3.30. The van der Waals surface area contributed by atoms with Crippen molar-refractivity contribution in [1.82, 2.24) is 4.31 Å². The molecule has 2 unspecified atom stereocenters. The highest BCUT2D eigenvalue weighted by molar-refractivity contribution is 7.88. The summed E-state index contributed by atoms with van der Waals surface area (Å²) in [6.45, 7) is 3.76. The van der Waals surface area contributed by atoms with Gasteiger partial charge in [0.05, 0.1) is 12.9 Å². The van der Waals surface area contributed by atoms with E-state index in [1.54, 1.807) is 6.92 Å². The van der Waals surface area contributed by atoms with Gasteiger partial charge in [-0.05, 0) is 39.0 Å². The maximum atomic E-state index is 11.9. The Labute approximate surface area is 125 Å². The van der Waals surface area contributed by atoms with Gasteiger partial charge >= 0.3 is 11.9 Å². The van der Waals surface area contributed by atoms with Crippen LogP contribution >= 0.6 is 0 Å². The summed E-state index contributed by atoms with van der Waals surface area (Å²) in [4.78, 5) is 23.4. The highest BCUT2D eigenvalue weighted by atomic mass is 32.2. The fraction of sp³-hybridized carbons (Fsp3) is 0.846. The van der Waals surface area contributed by atoms with Crippen molar-refractivity contribution in [1.29, 1.82) is 0 Å². The van der Waals surface area contributed by atoms with Crippen LogP contribution in [0.1, 0.15) is 33.1 Å². The van der Waals surface area contributed by atoms with Crippen molar-refractivity contribution >= 4 is 22.0 Å². The van der Waals surface area contributed by atoms with Gasteiger partial charge in [-0.2, -0.15) is 0 Å². The normalized spacial score (nSPS) is 23.3. The number of esters is 1. The quantitative estimate of drug-likeness (QED) is 0.571. The van der Waals surface area contributed by atoms with Crippen LogP contribution in [0.5, 0.6) is 0 Å². The lowest BCUT2D eigenvalue weighted by molar-refractivity contribution is -0.168. The van der Waals surface area contributed by atoms with Crippen molar-refractivity contribution in [3.8, 4) is 0 Å². The Morgan fingerprint density at radius 1 is 1.43 bits per heavy atom. The Kier molecular flexibility index (Phi) is 5.75. The molecular weight excluding hydrogens is 298 g/mol. The minimum absolute atomic E-state index is 0.0766. The van der Waals surface area contributed by atoms with E-state index in [1.165, 1.54) is 11.2 Å². The number of carbonyl (C=O) groups excluding carboxylic acids is 1. The van der Waals surface area contributed by atoms with Crippen LogP contribution in [0.25, 0.3) is 0 Å². The topological polar surface area (TPSA) is 101 Å². The van der Waals surface area contributed by atoms with Crippen molar-refractivity contribution < 1.29 is 27.9 Å². The smallest absolute Gasteiger partial charge is 0.323 e. The van der Waals surface area contributed by atoms with E-state index in [0.29, 0.717) is 19.4 Å². The summed E-state index contributed by atoms with van der Waals surface area (Å²) in [6.07, 6.45) is 2.58. The Morgan fingerprint density at radius 2 is 2.05 bits per heavy atom. The molecule has 1 heterocycles. The first-order valence-corrected chi connectivity index (χ1v) is 8.81. The van der Waals surface area contributed by atoms with E-state index in [4.69, 9.17) is 4.74 Å². The summed E-state index contributed by atoms with van der Waals surface area (Å²) in [5.41, 5.74) is -1.64. The van der Waals surface area contributed by atoms with Crippen LogP contribution in [0, 0.1) is 11.3 Å². The molecule has 0 aliphatic carbocycles. The third-order valence-electron chi connectivity index (χ3n) is 3.85. The molecule has 1 fully saturated rings. The molecule has 2 atom stereocenters. The lowest BCUT2D eigenvalue weighted by Crippen LogP contribution is -2.45. The van der Waals surface area contributed by atoms with E-state index in [2.05, 4.69) is 0 Å². The summed E-state index contributed by atoms with van der Waals surface area (Å²) in [5, 5.41) is 9.35. The average Bonchev–Trinajstić information content (AvgIpc) is 2.38. The molecule has 0 spiro atoms. The zero-order valence-corrected chi connectivity index (χ0v) is 13.5. The lowest BCUT2D eigenvalue weighted by Gasteiger charge is -2.34. The summed E-state index contributed by atoms with van der Waals surface area (Å²) < 4.78 is 29.4. The molecule has 0 aromatic heterocycles. The van der Waals surface area contributed by atoms with Gasteiger partial charge in [0, 0.05) is 13.1 Å². The van der Waals surface area contributed by atoms with Crippen LogP contribution in [0.3, 0.4) is 0 Å². The zero-order valence-electron chi connectivity index (χ0n) is 12.7. The van der Waals surface area contributed by atoms with Gasteiger partial charge in [-0.3, -0.25) is 9.59 Å². The Morgan fingerprint density at radius 3 is 2.52 bits per heavy atom. The van der Waals surface area contributed by atoms with Crippen LogP contribution in [0.4, 0.5) is 0 Å². The third kappa shape index (κ3) is 4.41. The third-order valence-corrected chi connectivity index (χ3v) is 5.12. The van der Waals surface area contributed by atoms with Gasteiger partial charge in [0.1, 0.15) is 0 Å². The fourth-order valence-electron chi connectivity index (χ4n) is 2.62. The molecule has 0 bridgehead atoms. The SMILES string of the molecule is CCOC(=O)C(C)(CC1CCCN(S(C)(=O)=O)C1)C(=O)O. The maximum absolute atomic E-state index is 11.9. The lowest BCUT2D eigenvalue weighted by atomic mass is 9.78. The van der Waals surface area contributed by atoms with E-state index in [-0.39, 0.29) is 25.5 Å². The number of sulfonamides is 1. The van der Waals surface area contributed by atoms with Gasteiger partial charge in [-0.25, -0.2) is 12.7 Å². The van der Waals surface area contributed by atoms with Gasteiger partial charge < -0.3 is 9.84 Å². The molecule has 1 aliphatic heterocycles. The first kappa shape index (κ1) is 17.9. The second kappa shape index (κ2) is 6.74. The van der Waals surface area contributed by atoms with Crippen molar-refractivity contribution in [3.05, 3.63) is 0 Å². The second-order valence-electron chi connectivity index (χ2n) is 5.69. The van der Waals surface area contributed by atoms with Gasteiger partial charge in [0.25, 0.3) is 0 Å². The minimum Gasteiger partial charge on any atom is -0.480 e. The highest BCUT2D eigenvalue weighted by Crippen LogP contribution is 2.33. The molecule has 0 aromatic rings. The Hall–Kier alpha value is -1.15. The molecule has 1 aliphatic rings.